The minimum Gasteiger partial charge on any atom is -0.492 e. The van der Waals surface area contributed by atoms with Crippen LogP contribution in [0.3, 0.4) is 0 Å². The van der Waals surface area contributed by atoms with Crippen molar-refractivity contribution >= 4 is 16.7 Å². The van der Waals surface area contributed by atoms with E-state index in [1.807, 2.05) is 6.92 Å². The lowest BCUT2D eigenvalue weighted by Gasteiger charge is -2.14. The van der Waals surface area contributed by atoms with Crippen molar-refractivity contribution in [2.45, 2.75) is 6.92 Å². The van der Waals surface area contributed by atoms with Gasteiger partial charge in [-0.2, -0.15) is 5.10 Å². The average Bonchev–Trinajstić information content (AvgIpc) is 2.75. The molecule has 29 heavy (non-hydrogen) atoms. The van der Waals surface area contributed by atoms with Gasteiger partial charge in [0.25, 0.3) is 0 Å². The maximum Gasteiger partial charge on any atom is 0.182 e. The standard InChI is InChI=1S/C21H17F2N5O/c1-3-29-17-11-12(13-6-4-7-15(22)18(13)23)10-14-19(17)26-21(27-20(14)24-2)16-8-5-9-25-28-16/h4-11H,3H2,1-2H3,(H,24,26,27). The van der Waals surface area contributed by atoms with E-state index in [0.29, 0.717) is 46.2 Å². The maximum atomic E-state index is 14.4. The normalized spacial score (nSPS) is 10.9. The topological polar surface area (TPSA) is 72.8 Å². The minimum atomic E-state index is -0.919. The molecule has 0 radical (unpaired) electrons. The van der Waals surface area contributed by atoms with Crippen LogP contribution in [0.4, 0.5) is 14.6 Å². The summed E-state index contributed by atoms with van der Waals surface area (Å²) in [7, 11) is 1.72. The Labute approximate surface area is 165 Å². The van der Waals surface area contributed by atoms with Crippen molar-refractivity contribution in [3.05, 3.63) is 60.3 Å². The Morgan fingerprint density at radius 2 is 1.93 bits per heavy atom. The summed E-state index contributed by atoms with van der Waals surface area (Å²) in [5.74, 6) is -0.510. The van der Waals surface area contributed by atoms with E-state index in [4.69, 9.17) is 4.74 Å². The fourth-order valence-corrected chi connectivity index (χ4v) is 3.07. The van der Waals surface area contributed by atoms with Gasteiger partial charge in [0.2, 0.25) is 0 Å². The first-order chi connectivity index (χ1) is 14.1. The van der Waals surface area contributed by atoms with Crippen LogP contribution in [0.2, 0.25) is 0 Å². The fraction of sp³-hybridized carbons (Fsp3) is 0.143. The Kier molecular flexibility index (Phi) is 4.99. The smallest absolute Gasteiger partial charge is 0.182 e. The molecule has 0 aliphatic heterocycles. The van der Waals surface area contributed by atoms with Gasteiger partial charge in [-0.3, -0.25) is 0 Å². The molecule has 4 aromatic rings. The zero-order valence-electron chi connectivity index (χ0n) is 15.8. The van der Waals surface area contributed by atoms with Crippen LogP contribution < -0.4 is 10.1 Å². The van der Waals surface area contributed by atoms with Crippen LogP contribution in [0.15, 0.2) is 48.7 Å². The first-order valence-electron chi connectivity index (χ1n) is 9.01. The molecule has 1 N–H and O–H groups in total. The first kappa shape index (κ1) is 18.7. The van der Waals surface area contributed by atoms with Crippen molar-refractivity contribution < 1.29 is 13.5 Å². The zero-order chi connectivity index (χ0) is 20.4. The molecule has 6 nitrogen and oxygen atoms in total. The fourth-order valence-electron chi connectivity index (χ4n) is 3.07. The van der Waals surface area contributed by atoms with E-state index < -0.39 is 11.6 Å². The summed E-state index contributed by atoms with van der Waals surface area (Å²) in [6.07, 6.45) is 1.56. The molecule has 0 unspecified atom stereocenters. The summed E-state index contributed by atoms with van der Waals surface area (Å²) in [6, 6.07) is 10.9. The van der Waals surface area contributed by atoms with Crippen LogP contribution in [0.5, 0.6) is 5.75 Å². The molecule has 0 aliphatic carbocycles. The van der Waals surface area contributed by atoms with E-state index in [1.54, 1.807) is 37.5 Å². The Balaban J connectivity index is 2.00. The monoisotopic (exact) mass is 393 g/mol. The van der Waals surface area contributed by atoms with Gasteiger partial charge in [0.05, 0.1) is 6.61 Å². The van der Waals surface area contributed by atoms with Gasteiger partial charge in [0.1, 0.15) is 22.8 Å². The van der Waals surface area contributed by atoms with E-state index in [1.165, 1.54) is 12.1 Å². The Hall–Kier alpha value is -3.68. The lowest BCUT2D eigenvalue weighted by molar-refractivity contribution is 0.344. The molecule has 4 rings (SSSR count). The molecule has 2 heterocycles. The number of nitrogens with one attached hydrogen (secondary N) is 1. The minimum absolute atomic E-state index is 0.132. The zero-order valence-corrected chi connectivity index (χ0v) is 15.8. The molecule has 0 fully saturated rings. The maximum absolute atomic E-state index is 14.4. The molecule has 2 aromatic heterocycles. The number of ether oxygens (including phenoxy) is 1. The molecule has 0 bridgehead atoms. The third-order valence-electron chi connectivity index (χ3n) is 4.37. The van der Waals surface area contributed by atoms with Gasteiger partial charge in [-0.1, -0.05) is 12.1 Å². The van der Waals surface area contributed by atoms with Gasteiger partial charge in [-0.25, -0.2) is 18.7 Å². The molecule has 0 spiro atoms. The Morgan fingerprint density at radius 1 is 1.07 bits per heavy atom. The van der Waals surface area contributed by atoms with Crippen LogP contribution in [0, 0.1) is 11.6 Å². The van der Waals surface area contributed by atoms with E-state index in [-0.39, 0.29) is 5.56 Å². The predicted octanol–water partition coefficient (Wildman–Crippen LogP) is 4.47. The van der Waals surface area contributed by atoms with Crippen LogP contribution in [0.1, 0.15) is 6.92 Å². The van der Waals surface area contributed by atoms with Gasteiger partial charge in [-0.15, -0.1) is 5.10 Å². The number of nitrogens with zero attached hydrogens (tertiary/aromatic N) is 4. The summed E-state index contributed by atoms with van der Waals surface area (Å²) in [5, 5.41) is 11.6. The summed E-state index contributed by atoms with van der Waals surface area (Å²) in [6.45, 7) is 2.22. The largest absolute Gasteiger partial charge is 0.492 e. The molecule has 0 aliphatic rings. The van der Waals surface area contributed by atoms with Crippen molar-refractivity contribution in [3.63, 3.8) is 0 Å². The van der Waals surface area contributed by atoms with Crippen LogP contribution in [-0.2, 0) is 0 Å². The van der Waals surface area contributed by atoms with Gasteiger partial charge < -0.3 is 10.1 Å². The van der Waals surface area contributed by atoms with Crippen molar-refractivity contribution in [2.24, 2.45) is 0 Å². The average molecular weight is 393 g/mol. The Morgan fingerprint density at radius 3 is 2.66 bits per heavy atom. The summed E-state index contributed by atoms with van der Waals surface area (Å²) in [4.78, 5) is 9.12. The number of aromatic nitrogens is 4. The highest BCUT2D eigenvalue weighted by molar-refractivity contribution is 5.97. The quantitative estimate of drug-likeness (QED) is 0.539. The van der Waals surface area contributed by atoms with Gasteiger partial charge in [0, 0.05) is 24.2 Å². The van der Waals surface area contributed by atoms with E-state index >= 15 is 0 Å². The van der Waals surface area contributed by atoms with E-state index in [9.17, 15) is 8.78 Å². The number of anilines is 1. The number of halogens is 2. The lowest BCUT2D eigenvalue weighted by atomic mass is 10.0. The SMILES string of the molecule is CCOc1cc(-c2cccc(F)c2F)cc2c(NC)nc(-c3cccnn3)nc12. The molecule has 146 valence electrons. The highest BCUT2D eigenvalue weighted by Crippen LogP contribution is 2.36. The number of rotatable bonds is 5. The second-order valence-corrected chi connectivity index (χ2v) is 6.16. The van der Waals surface area contributed by atoms with Crippen LogP contribution >= 0.6 is 0 Å². The van der Waals surface area contributed by atoms with Crippen molar-refractivity contribution in [2.75, 3.05) is 19.0 Å². The molecule has 0 saturated carbocycles. The number of fused-ring (bicyclic) bond motifs is 1. The second kappa shape index (κ2) is 7.75. The van der Waals surface area contributed by atoms with Crippen molar-refractivity contribution in [1.82, 2.24) is 20.2 Å². The van der Waals surface area contributed by atoms with Crippen LogP contribution in [0.25, 0.3) is 33.5 Å². The summed E-state index contributed by atoms with van der Waals surface area (Å²) >= 11 is 0. The third-order valence-corrected chi connectivity index (χ3v) is 4.37. The Bertz CT molecular complexity index is 1180. The van der Waals surface area contributed by atoms with Gasteiger partial charge in [-0.05, 0) is 42.8 Å². The number of hydrogen-bond acceptors (Lipinski definition) is 6. The molecular formula is C21H17F2N5O. The molecule has 0 amide bonds. The van der Waals surface area contributed by atoms with Crippen molar-refractivity contribution in [1.29, 1.82) is 0 Å². The van der Waals surface area contributed by atoms with Gasteiger partial charge in [0.15, 0.2) is 17.5 Å². The lowest BCUT2D eigenvalue weighted by Crippen LogP contribution is -2.03. The molecule has 0 atom stereocenters. The number of benzene rings is 2. The summed E-state index contributed by atoms with van der Waals surface area (Å²) < 4.78 is 33.9. The predicted molar refractivity (Wildman–Crippen MR) is 107 cm³/mol. The molecule has 8 heteroatoms. The molecule has 2 aromatic carbocycles. The molecular weight excluding hydrogens is 376 g/mol. The first-order valence-corrected chi connectivity index (χ1v) is 9.01. The highest BCUT2D eigenvalue weighted by Gasteiger charge is 2.18. The highest BCUT2D eigenvalue weighted by atomic mass is 19.2. The van der Waals surface area contributed by atoms with E-state index in [0.717, 1.165) is 6.07 Å². The van der Waals surface area contributed by atoms with E-state index in [2.05, 4.69) is 25.5 Å². The molecule has 0 saturated heterocycles. The third kappa shape index (κ3) is 3.44. The van der Waals surface area contributed by atoms with Crippen molar-refractivity contribution in [3.8, 4) is 28.4 Å². The number of hydrogen-bond donors (Lipinski definition) is 1. The summed E-state index contributed by atoms with van der Waals surface area (Å²) in [5.41, 5.74) is 1.64. The van der Waals surface area contributed by atoms with Crippen LogP contribution in [-0.4, -0.2) is 33.8 Å². The second-order valence-electron chi connectivity index (χ2n) is 6.16. The van der Waals surface area contributed by atoms with Gasteiger partial charge >= 0.3 is 0 Å².